The Morgan fingerprint density at radius 3 is 2.61 bits per heavy atom. The summed E-state index contributed by atoms with van der Waals surface area (Å²) in [6.45, 7) is 0.0781. The van der Waals surface area contributed by atoms with E-state index in [1.807, 2.05) is 0 Å². The van der Waals surface area contributed by atoms with Crippen molar-refractivity contribution in [1.82, 2.24) is 15.5 Å². The van der Waals surface area contributed by atoms with E-state index in [0.717, 1.165) is 6.07 Å². The lowest BCUT2D eigenvalue weighted by molar-refractivity contribution is -0.159. The molecule has 0 spiro atoms. The van der Waals surface area contributed by atoms with Gasteiger partial charge in [-0.25, -0.2) is 4.39 Å². The van der Waals surface area contributed by atoms with Gasteiger partial charge in [-0.2, -0.15) is 18.2 Å². The van der Waals surface area contributed by atoms with Gasteiger partial charge in [0, 0.05) is 16.7 Å². The molecule has 0 bridgehead atoms. The minimum absolute atomic E-state index is 0.0250. The lowest BCUT2D eigenvalue weighted by atomic mass is 10.1. The van der Waals surface area contributed by atoms with E-state index in [9.17, 15) is 22.4 Å². The molecule has 0 saturated heterocycles. The summed E-state index contributed by atoms with van der Waals surface area (Å²) in [6, 6.07) is 9.46. The van der Waals surface area contributed by atoms with Gasteiger partial charge >= 0.3 is 12.1 Å². The lowest BCUT2D eigenvalue weighted by Gasteiger charge is -2.04. The molecule has 0 unspecified atom stereocenters. The molecule has 3 aromatic rings. The highest BCUT2D eigenvalue weighted by Gasteiger charge is 2.38. The van der Waals surface area contributed by atoms with Crippen LogP contribution in [-0.2, 0) is 17.6 Å². The van der Waals surface area contributed by atoms with Gasteiger partial charge in [0.15, 0.2) is 0 Å². The molecule has 0 aliphatic heterocycles. The van der Waals surface area contributed by atoms with Gasteiger partial charge in [-0.1, -0.05) is 40.1 Å². The highest BCUT2D eigenvalue weighted by atomic mass is 35.5. The standard InChI is InChI=1S/C19H13ClF4N4O3/c20-15-9-14(21)6-5-13(15)10-30-26-8-7-25-17(29)12-3-1-11(2-4-12)16-27-18(31-28-16)19(22,23)24/h1-6,8-9H,7,10H2,(H,25,29). The largest absolute Gasteiger partial charge is 0.471 e. The zero-order chi connectivity index (χ0) is 22.4. The first-order chi connectivity index (χ1) is 14.7. The number of carbonyl (C=O) groups excluding carboxylic acids is 1. The van der Waals surface area contributed by atoms with E-state index >= 15 is 0 Å². The molecule has 0 fully saturated rings. The summed E-state index contributed by atoms with van der Waals surface area (Å²) in [4.78, 5) is 20.4. The van der Waals surface area contributed by atoms with Crippen molar-refractivity contribution in [1.29, 1.82) is 0 Å². The molecule has 7 nitrogen and oxygen atoms in total. The molecule has 3 rings (SSSR count). The van der Waals surface area contributed by atoms with Crippen LogP contribution < -0.4 is 5.32 Å². The number of amides is 1. The van der Waals surface area contributed by atoms with Crippen molar-refractivity contribution in [3.63, 3.8) is 0 Å². The molecular formula is C19H13ClF4N4O3. The zero-order valence-corrected chi connectivity index (χ0v) is 16.2. The highest BCUT2D eigenvalue weighted by molar-refractivity contribution is 6.31. The molecule has 0 radical (unpaired) electrons. The highest BCUT2D eigenvalue weighted by Crippen LogP contribution is 2.29. The van der Waals surface area contributed by atoms with Crippen LogP contribution in [0, 0.1) is 5.82 Å². The van der Waals surface area contributed by atoms with Crippen LogP contribution in [0.1, 0.15) is 21.8 Å². The number of alkyl halides is 3. The molecule has 1 heterocycles. The fourth-order valence-corrected chi connectivity index (χ4v) is 2.52. The average molecular weight is 457 g/mol. The summed E-state index contributed by atoms with van der Waals surface area (Å²) in [5.41, 5.74) is 1.06. The number of aromatic nitrogens is 2. The number of hydrogen-bond acceptors (Lipinski definition) is 6. The summed E-state index contributed by atoms with van der Waals surface area (Å²) in [5, 5.41) is 9.70. The van der Waals surface area contributed by atoms with Crippen LogP contribution in [0.3, 0.4) is 0 Å². The van der Waals surface area contributed by atoms with E-state index in [1.54, 1.807) is 0 Å². The first-order valence-corrected chi connectivity index (χ1v) is 8.99. The van der Waals surface area contributed by atoms with Gasteiger partial charge in [0.2, 0.25) is 5.82 Å². The smallest absolute Gasteiger partial charge is 0.391 e. The second-order valence-electron chi connectivity index (χ2n) is 6.01. The van der Waals surface area contributed by atoms with Crippen molar-refractivity contribution in [3.8, 4) is 11.4 Å². The number of halogens is 5. The Balaban J connectivity index is 1.47. The number of rotatable bonds is 7. The van der Waals surface area contributed by atoms with Gasteiger partial charge in [0.05, 0.1) is 17.8 Å². The predicted octanol–water partition coefficient (Wildman–Crippen LogP) is 4.48. The minimum atomic E-state index is -4.73. The van der Waals surface area contributed by atoms with Crippen LogP contribution in [0.5, 0.6) is 0 Å². The third-order valence-corrected chi connectivity index (χ3v) is 4.16. The topological polar surface area (TPSA) is 89.6 Å². The first kappa shape index (κ1) is 22.2. The molecule has 12 heteroatoms. The molecule has 1 aromatic heterocycles. The van der Waals surface area contributed by atoms with Gasteiger partial charge in [-0.3, -0.25) is 4.79 Å². The Hall–Kier alpha value is -3.47. The second kappa shape index (κ2) is 9.56. The summed E-state index contributed by atoms with van der Waals surface area (Å²) < 4.78 is 54.7. The maximum absolute atomic E-state index is 13.0. The van der Waals surface area contributed by atoms with Crippen molar-refractivity contribution < 1.29 is 31.7 Å². The number of nitrogens with zero attached hydrogens (tertiary/aromatic N) is 3. The molecule has 2 aromatic carbocycles. The Morgan fingerprint density at radius 2 is 1.97 bits per heavy atom. The predicted molar refractivity (Wildman–Crippen MR) is 102 cm³/mol. The second-order valence-corrected chi connectivity index (χ2v) is 6.41. The van der Waals surface area contributed by atoms with Crippen molar-refractivity contribution in [2.45, 2.75) is 12.8 Å². The zero-order valence-electron chi connectivity index (χ0n) is 15.5. The van der Waals surface area contributed by atoms with Crippen molar-refractivity contribution in [2.24, 2.45) is 5.16 Å². The number of hydrogen-bond donors (Lipinski definition) is 1. The monoisotopic (exact) mass is 456 g/mol. The fourth-order valence-electron chi connectivity index (χ4n) is 2.30. The summed E-state index contributed by atoms with van der Waals surface area (Å²) in [6.07, 6.45) is -3.43. The van der Waals surface area contributed by atoms with Crippen molar-refractivity contribution in [3.05, 3.63) is 70.3 Å². The van der Waals surface area contributed by atoms with E-state index in [4.69, 9.17) is 16.4 Å². The van der Waals surface area contributed by atoms with E-state index in [2.05, 4.69) is 25.1 Å². The van der Waals surface area contributed by atoms with Crippen LogP contribution in [0.15, 0.2) is 52.1 Å². The normalized spacial score (nSPS) is 11.6. The van der Waals surface area contributed by atoms with E-state index in [-0.39, 0.29) is 35.1 Å². The fraction of sp³-hybridized carbons (Fsp3) is 0.158. The van der Waals surface area contributed by atoms with Crippen molar-refractivity contribution in [2.75, 3.05) is 6.54 Å². The summed E-state index contributed by atoms with van der Waals surface area (Å²) in [5.74, 6) is -2.60. The third kappa shape index (κ3) is 6.01. The molecule has 1 N–H and O–H groups in total. The molecule has 162 valence electrons. The molecule has 31 heavy (non-hydrogen) atoms. The maximum Gasteiger partial charge on any atom is 0.471 e. The lowest BCUT2D eigenvalue weighted by Crippen LogP contribution is -2.25. The molecule has 0 aliphatic carbocycles. The first-order valence-electron chi connectivity index (χ1n) is 8.61. The number of benzene rings is 2. The maximum atomic E-state index is 13.0. The SMILES string of the molecule is O=C(NCC=NOCc1ccc(F)cc1Cl)c1ccc(-c2noc(C(F)(F)F)n2)cc1. The Bertz CT molecular complexity index is 1080. The van der Waals surface area contributed by atoms with Gasteiger partial charge in [-0.05, 0) is 24.3 Å². The van der Waals surface area contributed by atoms with Gasteiger partial charge in [0.1, 0.15) is 12.4 Å². The molecule has 0 saturated carbocycles. The molecule has 0 atom stereocenters. The number of nitrogens with one attached hydrogen (secondary N) is 1. The van der Waals surface area contributed by atoms with Crippen molar-refractivity contribution >= 4 is 23.7 Å². The van der Waals surface area contributed by atoms with Crippen LogP contribution in [-0.4, -0.2) is 28.8 Å². The quantitative estimate of drug-likeness (QED) is 0.321. The van der Waals surface area contributed by atoms with Gasteiger partial charge in [-0.15, -0.1) is 0 Å². The van der Waals surface area contributed by atoms with Gasteiger partial charge < -0.3 is 14.7 Å². The van der Waals surface area contributed by atoms with E-state index < -0.39 is 23.8 Å². The number of carbonyl (C=O) groups is 1. The van der Waals surface area contributed by atoms with E-state index in [1.165, 1.54) is 42.6 Å². The summed E-state index contributed by atoms with van der Waals surface area (Å²) >= 11 is 5.86. The Morgan fingerprint density at radius 1 is 1.23 bits per heavy atom. The average Bonchev–Trinajstić information content (AvgIpc) is 3.23. The Kier molecular flexibility index (Phi) is 6.85. The van der Waals surface area contributed by atoms with Crippen LogP contribution in [0.2, 0.25) is 5.02 Å². The van der Waals surface area contributed by atoms with Gasteiger partial charge in [0.25, 0.3) is 5.91 Å². The number of oxime groups is 1. The summed E-state index contributed by atoms with van der Waals surface area (Å²) in [7, 11) is 0. The third-order valence-electron chi connectivity index (χ3n) is 3.81. The van der Waals surface area contributed by atoms with Crippen LogP contribution >= 0.6 is 11.6 Å². The van der Waals surface area contributed by atoms with Crippen LogP contribution in [0.4, 0.5) is 17.6 Å². The van der Waals surface area contributed by atoms with E-state index in [0.29, 0.717) is 5.56 Å². The minimum Gasteiger partial charge on any atom is -0.391 e. The Labute approximate surface area is 177 Å². The molecule has 0 aliphatic rings. The van der Waals surface area contributed by atoms with Crippen LogP contribution in [0.25, 0.3) is 11.4 Å². The molecular weight excluding hydrogens is 444 g/mol. The molecule has 1 amide bonds.